The molecule has 1 saturated carbocycles. The summed E-state index contributed by atoms with van der Waals surface area (Å²) in [6.45, 7) is 1.52. The Morgan fingerprint density at radius 3 is 2.36 bits per heavy atom. The second kappa shape index (κ2) is 7.66. The molecule has 0 atom stereocenters. The fourth-order valence-electron chi connectivity index (χ4n) is 3.55. The Morgan fingerprint density at radius 2 is 1.77 bits per heavy atom. The lowest BCUT2D eigenvalue weighted by molar-refractivity contribution is -0.206. The average Bonchev–Trinajstić information content (AvgIpc) is 2.48. The van der Waals surface area contributed by atoms with Crippen molar-refractivity contribution < 1.29 is 22.7 Å². The molecule has 1 amide bonds. The molecule has 1 aliphatic carbocycles. The van der Waals surface area contributed by atoms with Gasteiger partial charge in [0.25, 0.3) is 0 Å². The number of nitrogens with one attached hydrogen (secondary N) is 1. The fraction of sp³-hybridized carbons (Fsp3) is 0.938. The van der Waals surface area contributed by atoms with Gasteiger partial charge >= 0.3 is 6.18 Å². The maximum atomic E-state index is 13.3. The van der Waals surface area contributed by atoms with Crippen LogP contribution in [-0.4, -0.2) is 30.8 Å². The van der Waals surface area contributed by atoms with Crippen LogP contribution in [-0.2, 0) is 9.53 Å². The van der Waals surface area contributed by atoms with Gasteiger partial charge in [-0.3, -0.25) is 4.79 Å². The number of halogens is 3. The molecule has 1 aliphatic heterocycles. The topological polar surface area (TPSA) is 38.3 Å². The third-order valence-corrected chi connectivity index (χ3v) is 4.99. The van der Waals surface area contributed by atoms with E-state index in [9.17, 15) is 18.0 Å². The highest BCUT2D eigenvalue weighted by atomic mass is 19.4. The van der Waals surface area contributed by atoms with Gasteiger partial charge < -0.3 is 10.1 Å². The Morgan fingerprint density at radius 1 is 1.14 bits per heavy atom. The van der Waals surface area contributed by atoms with Gasteiger partial charge in [0.2, 0.25) is 5.91 Å². The monoisotopic (exact) mass is 321 g/mol. The Kier molecular flexibility index (Phi) is 6.12. The van der Waals surface area contributed by atoms with Crippen LogP contribution in [0.25, 0.3) is 0 Å². The van der Waals surface area contributed by atoms with Gasteiger partial charge in [0, 0.05) is 19.6 Å². The highest BCUT2D eigenvalue weighted by Crippen LogP contribution is 2.41. The molecule has 2 fully saturated rings. The molecule has 1 N–H and O–H groups in total. The molecule has 0 radical (unpaired) electrons. The first-order valence-corrected chi connectivity index (χ1v) is 8.38. The normalized spacial score (nSPS) is 23.2. The zero-order valence-electron chi connectivity index (χ0n) is 13.0. The molecule has 0 aromatic heterocycles. The van der Waals surface area contributed by atoms with E-state index in [4.69, 9.17) is 4.74 Å². The fourth-order valence-corrected chi connectivity index (χ4v) is 3.55. The second-order valence-electron chi connectivity index (χ2n) is 6.64. The van der Waals surface area contributed by atoms with E-state index in [1.54, 1.807) is 0 Å². The molecule has 2 aliphatic rings. The first-order chi connectivity index (χ1) is 10.4. The Bertz CT molecular complexity index is 359. The van der Waals surface area contributed by atoms with Crippen LogP contribution in [0.4, 0.5) is 13.2 Å². The largest absolute Gasteiger partial charge is 0.411 e. The van der Waals surface area contributed by atoms with E-state index in [1.165, 1.54) is 0 Å². The summed E-state index contributed by atoms with van der Waals surface area (Å²) in [5, 5.41) is 2.32. The summed E-state index contributed by atoms with van der Waals surface area (Å²) in [5.41, 5.74) is -1.99. The number of carbonyl (C=O) groups is 1. The molecule has 0 aromatic rings. The van der Waals surface area contributed by atoms with E-state index < -0.39 is 17.6 Å². The van der Waals surface area contributed by atoms with Crippen LogP contribution in [0.3, 0.4) is 0 Å². The van der Waals surface area contributed by atoms with Crippen molar-refractivity contribution in [1.82, 2.24) is 5.32 Å². The number of amides is 1. The van der Waals surface area contributed by atoms with Crippen LogP contribution in [0, 0.1) is 5.92 Å². The molecule has 2 rings (SSSR count). The van der Waals surface area contributed by atoms with Crippen molar-refractivity contribution in [3.8, 4) is 0 Å². The summed E-state index contributed by atoms with van der Waals surface area (Å²) < 4.78 is 45.3. The molecule has 22 heavy (non-hydrogen) atoms. The highest BCUT2D eigenvalue weighted by molar-refractivity contribution is 5.76. The van der Waals surface area contributed by atoms with Gasteiger partial charge in [-0.2, -0.15) is 13.2 Å². The third-order valence-electron chi connectivity index (χ3n) is 4.99. The van der Waals surface area contributed by atoms with Crippen LogP contribution in [0.15, 0.2) is 0 Å². The minimum atomic E-state index is -4.36. The molecule has 128 valence electrons. The summed E-state index contributed by atoms with van der Waals surface area (Å²) in [4.78, 5) is 12.0. The smallest absolute Gasteiger partial charge is 0.381 e. The molecular formula is C16H26F3NO2. The maximum absolute atomic E-state index is 13.3. The summed E-state index contributed by atoms with van der Waals surface area (Å²) in [7, 11) is 0. The van der Waals surface area contributed by atoms with Crippen molar-refractivity contribution in [2.75, 3.05) is 13.2 Å². The molecule has 1 heterocycles. The van der Waals surface area contributed by atoms with E-state index in [1.807, 2.05) is 0 Å². The minimum absolute atomic E-state index is 0.0161. The quantitative estimate of drug-likeness (QED) is 0.832. The predicted octanol–water partition coefficient (Wildman–Crippen LogP) is 3.96. The van der Waals surface area contributed by atoms with Crippen molar-refractivity contribution in [1.29, 1.82) is 0 Å². The van der Waals surface area contributed by atoms with Gasteiger partial charge in [-0.25, -0.2) is 0 Å². The number of rotatable bonds is 5. The molecule has 0 bridgehead atoms. The Hall–Kier alpha value is -0.780. The molecule has 6 heteroatoms. The number of hydrogen-bond acceptors (Lipinski definition) is 2. The van der Waals surface area contributed by atoms with E-state index in [0.717, 1.165) is 38.9 Å². The standard InChI is InChI=1S/C16H26F3NO2/c17-16(18,19)15(9-2-1-3-10-15)20-14(21)6-4-5-13-7-11-22-12-8-13/h13H,1-12H2,(H,20,21). The average molecular weight is 321 g/mol. The van der Waals surface area contributed by atoms with Crippen molar-refractivity contribution in [2.45, 2.75) is 75.9 Å². The van der Waals surface area contributed by atoms with Gasteiger partial charge in [-0.1, -0.05) is 19.3 Å². The lowest BCUT2D eigenvalue weighted by Gasteiger charge is -2.39. The second-order valence-corrected chi connectivity index (χ2v) is 6.64. The van der Waals surface area contributed by atoms with E-state index >= 15 is 0 Å². The van der Waals surface area contributed by atoms with E-state index in [-0.39, 0.29) is 19.3 Å². The van der Waals surface area contributed by atoms with Crippen LogP contribution in [0.5, 0.6) is 0 Å². The summed E-state index contributed by atoms with van der Waals surface area (Å²) in [6, 6.07) is 0. The SMILES string of the molecule is O=C(CCCC1CCOCC1)NC1(C(F)(F)F)CCCCC1. The van der Waals surface area contributed by atoms with Crippen LogP contribution < -0.4 is 5.32 Å². The van der Waals surface area contributed by atoms with Gasteiger partial charge in [-0.05, 0) is 44.4 Å². The summed E-state index contributed by atoms with van der Waals surface area (Å²) >= 11 is 0. The van der Waals surface area contributed by atoms with Gasteiger partial charge in [-0.15, -0.1) is 0 Å². The molecule has 1 saturated heterocycles. The predicted molar refractivity (Wildman–Crippen MR) is 77.4 cm³/mol. The number of carbonyl (C=O) groups excluding carboxylic acids is 1. The van der Waals surface area contributed by atoms with Crippen molar-refractivity contribution in [3.63, 3.8) is 0 Å². The molecular weight excluding hydrogens is 295 g/mol. The number of alkyl halides is 3. The lowest BCUT2D eigenvalue weighted by Crippen LogP contribution is -2.59. The van der Waals surface area contributed by atoms with Crippen molar-refractivity contribution in [2.24, 2.45) is 5.92 Å². The van der Waals surface area contributed by atoms with Gasteiger partial charge in [0.05, 0.1) is 0 Å². The molecule has 3 nitrogen and oxygen atoms in total. The van der Waals surface area contributed by atoms with Gasteiger partial charge in [0.15, 0.2) is 0 Å². The summed E-state index contributed by atoms with van der Waals surface area (Å²) in [6.07, 6.45) is 1.28. The summed E-state index contributed by atoms with van der Waals surface area (Å²) in [5.74, 6) is 0.0964. The Labute approximate surface area is 130 Å². The number of ether oxygens (including phenoxy) is 1. The molecule has 0 spiro atoms. The Balaban J connectivity index is 1.78. The van der Waals surface area contributed by atoms with E-state index in [0.29, 0.717) is 25.2 Å². The van der Waals surface area contributed by atoms with Gasteiger partial charge in [0.1, 0.15) is 5.54 Å². The first-order valence-electron chi connectivity index (χ1n) is 8.38. The number of hydrogen-bond donors (Lipinski definition) is 1. The van der Waals surface area contributed by atoms with Crippen molar-refractivity contribution in [3.05, 3.63) is 0 Å². The molecule has 0 aromatic carbocycles. The van der Waals surface area contributed by atoms with Crippen molar-refractivity contribution >= 4 is 5.91 Å². The van der Waals surface area contributed by atoms with Crippen LogP contribution in [0.1, 0.15) is 64.2 Å². The first kappa shape index (κ1) is 17.6. The minimum Gasteiger partial charge on any atom is -0.381 e. The third kappa shape index (κ3) is 4.61. The lowest BCUT2D eigenvalue weighted by atomic mass is 9.81. The van der Waals surface area contributed by atoms with Crippen LogP contribution in [0.2, 0.25) is 0 Å². The zero-order chi connectivity index (χ0) is 16.1. The van der Waals surface area contributed by atoms with E-state index in [2.05, 4.69) is 5.32 Å². The van der Waals surface area contributed by atoms with Crippen LogP contribution >= 0.6 is 0 Å². The zero-order valence-corrected chi connectivity index (χ0v) is 13.0. The highest BCUT2D eigenvalue weighted by Gasteiger charge is 2.55. The maximum Gasteiger partial charge on any atom is 0.411 e. The molecule has 0 unspecified atom stereocenters.